The van der Waals surface area contributed by atoms with Crippen LogP contribution in [0, 0.1) is 0 Å². The van der Waals surface area contributed by atoms with E-state index in [2.05, 4.69) is 57.2 Å². The molecule has 0 heterocycles. The Kier molecular flexibility index (Phi) is 66.1. The number of allylic oxidation sites excluding steroid dienone is 6. The van der Waals surface area contributed by atoms with Gasteiger partial charge in [-0.05, 0) is 77.0 Å². The third-order valence-electron chi connectivity index (χ3n) is 16.1. The van der Waals surface area contributed by atoms with E-state index >= 15 is 0 Å². The maximum Gasteiger partial charge on any atom is 0.306 e. The van der Waals surface area contributed by atoms with Gasteiger partial charge in [-0.2, -0.15) is 0 Å². The molecule has 0 rings (SSSR count). The number of rotatable bonds is 66. The van der Waals surface area contributed by atoms with Gasteiger partial charge in [-0.3, -0.25) is 14.4 Å². The first kappa shape index (κ1) is 76.6. The van der Waals surface area contributed by atoms with Crippen molar-refractivity contribution in [1.29, 1.82) is 0 Å². The summed E-state index contributed by atoms with van der Waals surface area (Å²) in [6, 6.07) is 0. The lowest BCUT2D eigenvalue weighted by atomic mass is 10.0. The average Bonchev–Trinajstić information content (AvgIpc) is 3.45. The Morgan fingerprint density at radius 2 is 0.456 bits per heavy atom. The Morgan fingerprint density at radius 1 is 0.253 bits per heavy atom. The van der Waals surface area contributed by atoms with Crippen LogP contribution >= 0.6 is 0 Å². The van der Waals surface area contributed by atoms with E-state index in [-0.39, 0.29) is 31.1 Å². The number of carbonyl (C=O) groups excluding carboxylic acids is 3. The third-order valence-corrected chi connectivity index (χ3v) is 16.1. The largest absolute Gasteiger partial charge is 0.462 e. The molecule has 6 heteroatoms. The first-order valence-corrected chi connectivity index (χ1v) is 35.5. The predicted octanol–water partition coefficient (Wildman–Crippen LogP) is 24.3. The zero-order chi connectivity index (χ0) is 57.1. The first-order chi connectivity index (χ1) is 39.0. The zero-order valence-corrected chi connectivity index (χ0v) is 53.4. The molecule has 0 radical (unpaired) electrons. The molecule has 0 saturated heterocycles. The number of hydrogen-bond acceptors (Lipinski definition) is 6. The minimum Gasteiger partial charge on any atom is -0.462 e. The highest BCUT2D eigenvalue weighted by molar-refractivity contribution is 5.71. The predicted molar refractivity (Wildman–Crippen MR) is 344 cm³/mol. The topological polar surface area (TPSA) is 78.9 Å². The number of esters is 3. The summed E-state index contributed by atoms with van der Waals surface area (Å²) in [4.78, 5) is 38.2. The van der Waals surface area contributed by atoms with Gasteiger partial charge in [0, 0.05) is 19.3 Å². The zero-order valence-electron chi connectivity index (χ0n) is 53.4. The summed E-state index contributed by atoms with van der Waals surface area (Å²) in [7, 11) is 0. The molecule has 0 bridgehead atoms. The van der Waals surface area contributed by atoms with Gasteiger partial charge in [0.1, 0.15) is 13.2 Å². The lowest BCUT2D eigenvalue weighted by Crippen LogP contribution is -2.30. The molecular formula is C73H136O6. The highest BCUT2D eigenvalue weighted by Gasteiger charge is 2.19. The summed E-state index contributed by atoms with van der Waals surface area (Å²) in [5.41, 5.74) is 0. The van der Waals surface area contributed by atoms with Crippen molar-refractivity contribution in [2.45, 2.75) is 399 Å². The van der Waals surface area contributed by atoms with Crippen molar-refractivity contribution in [2.75, 3.05) is 13.2 Å². The van der Waals surface area contributed by atoms with Gasteiger partial charge in [-0.15, -0.1) is 0 Å². The fourth-order valence-electron chi connectivity index (χ4n) is 10.8. The fraction of sp³-hybridized carbons (Fsp3) is 0.877. The van der Waals surface area contributed by atoms with Gasteiger partial charge in [0.05, 0.1) is 0 Å². The van der Waals surface area contributed by atoms with Crippen LogP contribution in [0.15, 0.2) is 36.5 Å². The molecule has 0 aliphatic carbocycles. The molecule has 0 amide bonds. The van der Waals surface area contributed by atoms with Gasteiger partial charge in [0.2, 0.25) is 0 Å². The number of hydrogen-bond donors (Lipinski definition) is 0. The van der Waals surface area contributed by atoms with Gasteiger partial charge >= 0.3 is 17.9 Å². The maximum atomic E-state index is 12.9. The van der Waals surface area contributed by atoms with Crippen LogP contribution < -0.4 is 0 Å². The molecule has 0 N–H and O–H groups in total. The molecule has 0 saturated carbocycles. The van der Waals surface area contributed by atoms with Crippen molar-refractivity contribution in [3.8, 4) is 0 Å². The number of carbonyl (C=O) groups is 3. The minimum absolute atomic E-state index is 0.0725. The molecule has 79 heavy (non-hydrogen) atoms. The standard InChI is InChI=1S/C73H136O6/c1-4-7-10-13-16-19-22-24-26-28-29-30-31-32-33-34-35-36-37-38-39-40-41-42-43-44-45-46-48-49-51-54-57-60-63-66-72(75)78-69-70(68-77-71(74)65-62-59-56-53-21-18-15-12-9-6-3)79-73(76)67-64-61-58-55-52-50-47-27-25-23-20-17-14-11-8-5-2/h20,23,27-29,47,70H,4-19,21-22,24-26,30-46,48-69H2,1-3H3/b23-20-,29-28-,47-27-. The maximum absolute atomic E-state index is 12.9. The monoisotopic (exact) mass is 1110 g/mol. The van der Waals surface area contributed by atoms with Crippen LogP contribution in [0.4, 0.5) is 0 Å². The molecule has 0 fully saturated rings. The van der Waals surface area contributed by atoms with Gasteiger partial charge in [-0.1, -0.05) is 333 Å². The van der Waals surface area contributed by atoms with Gasteiger partial charge in [-0.25, -0.2) is 0 Å². The van der Waals surface area contributed by atoms with Crippen LogP contribution in [0.25, 0.3) is 0 Å². The highest BCUT2D eigenvalue weighted by Crippen LogP contribution is 2.18. The van der Waals surface area contributed by atoms with Gasteiger partial charge in [0.15, 0.2) is 6.10 Å². The van der Waals surface area contributed by atoms with E-state index in [1.54, 1.807) is 0 Å². The third kappa shape index (κ3) is 66.3. The van der Waals surface area contributed by atoms with E-state index < -0.39 is 6.10 Å². The van der Waals surface area contributed by atoms with Gasteiger partial charge in [0.25, 0.3) is 0 Å². The molecule has 0 aliphatic heterocycles. The van der Waals surface area contributed by atoms with Crippen molar-refractivity contribution in [3.63, 3.8) is 0 Å². The van der Waals surface area contributed by atoms with E-state index in [0.29, 0.717) is 19.3 Å². The molecule has 464 valence electrons. The van der Waals surface area contributed by atoms with E-state index in [4.69, 9.17) is 14.2 Å². The van der Waals surface area contributed by atoms with E-state index in [1.807, 2.05) is 0 Å². The van der Waals surface area contributed by atoms with Crippen LogP contribution in [0.3, 0.4) is 0 Å². The summed E-state index contributed by atoms with van der Waals surface area (Å²) in [5, 5.41) is 0. The van der Waals surface area contributed by atoms with Crippen molar-refractivity contribution in [3.05, 3.63) is 36.5 Å². The minimum atomic E-state index is -0.775. The Labute approximate surface area is 493 Å². The summed E-state index contributed by atoms with van der Waals surface area (Å²) >= 11 is 0. The molecule has 6 nitrogen and oxygen atoms in total. The van der Waals surface area contributed by atoms with Crippen LogP contribution in [0.2, 0.25) is 0 Å². The second-order valence-corrected chi connectivity index (χ2v) is 24.1. The van der Waals surface area contributed by atoms with Crippen LogP contribution in [-0.2, 0) is 28.6 Å². The Balaban J connectivity index is 4.00. The van der Waals surface area contributed by atoms with E-state index in [1.165, 1.54) is 276 Å². The highest BCUT2D eigenvalue weighted by atomic mass is 16.6. The Hall–Kier alpha value is -2.37. The van der Waals surface area contributed by atoms with Crippen molar-refractivity contribution in [1.82, 2.24) is 0 Å². The Morgan fingerprint density at radius 3 is 0.722 bits per heavy atom. The fourth-order valence-corrected chi connectivity index (χ4v) is 10.8. The first-order valence-electron chi connectivity index (χ1n) is 35.5. The SMILES string of the molecule is CCCCCC/C=C\C/C=C\CCCCCCCC(=O)OC(COC(=O)CCCCCCCCCCCC)COC(=O)CCCCCCCCCCCCCCCCCCCCCCCCC/C=C\CCCCCCCCCC. The lowest BCUT2D eigenvalue weighted by molar-refractivity contribution is -0.167. The van der Waals surface area contributed by atoms with Crippen LogP contribution in [0.1, 0.15) is 393 Å². The van der Waals surface area contributed by atoms with Crippen LogP contribution in [0.5, 0.6) is 0 Å². The average molecular weight is 1110 g/mol. The molecule has 0 aromatic heterocycles. The second kappa shape index (κ2) is 68.1. The van der Waals surface area contributed by atoms with Crippen molar-refractivity contribution >= 4 is 17.9 Å². The second-order valence-electron chi connectivity index (χ2n) is 24.1. The van der Waals surface area contributed by atoms with Crippen molar-refractivity contribution in [2.24, 2.45) is 0 Å². The number of unbranched alkanes of at least 4 members (excludes halogenated alkanes) is 49. The molecule has 0 spiro atoms. The summed E-state index contributed by atoms with van der Waals surface area (Å²) in [6.07, 6.45) is 84.9. The molecule has 1 unspecified atom stereocenters. The normalized spacial score (nSPS) is 12.2. The van der Waals surface area contributed by atoms with Crippen LogP contribution in [-0.4, -0.2) is 37.2 Å². The quantitative estimate of drug-likeness (QED) is 0.0261. The summed E-state index contributed by atoms with van der Waals surface area (Å²) in [6.45, 7) is 6.66. The molecule has 1 atom stereocenters. The van der Waals surface area contributed by atoms with E-state index in [9.17, 15) is 14.4 Å². The Bertz CT molecular complexity index is 1320. The molecule has 0 aromatic carbocycles. The summed E-state index contributed by atoms with van der Waals surface area (Å²) in [5.74, 6) is -0.864. The lowest BCUT2D eigenvalue weighted by Gasteiger charge is -2.18. The van der Waals surface area contributed by atoms with Gasteiger partial charge < -0.3 is 14.2 Å². The van der Waals surface area contributed by atoms with E-state index in [0.717, 1.165) is 77.0 Å². The smallest absolute Gasteiger partial charge is 0.306 e. The number of ether oxygens (including phenoxy) is 3. The molecule has 0 aliphatic rings. The summed E-state index contributed by atoms with van der Waals surface area (Å²) < 4.78 is 16.9. The molecular weight excluding hydrogens is 973 g/mol. The molecule has 0 aromatic rings. The van der Waals surface area contributed by atoms with Crippen molar-refractivity contribution < 1.29 is 28.6 Å².